The average molecular weight is 493 g/mol. The third kappa shape index (κ3) is 4.37. The van der Waals surface area contributed by atoms with Crippen LogP contribution < -0.4 is 4.74 Å². The van der Waals surface area contributed by atoms with E-state index < -0.39 is 6.04 Å². The molecule has 0 N–H and O–H groups in total. The third-order valence-electron chi connectivity index (χ3n) is 7.74. The van der Waals surface area contributed by atoms with Gasteiger partial charge in [-0.3, -0.25) is 19.4 Å². The van der Waals surface area contributed by atoms with Crippen LogP contribution in [0.4, 0.5) is 5.69 Å². The molecular weight excluding hydrogens is 464 g/mol. The topological polar surface area (TPSA) is 76.0 Å². The molecule has 0 saturated heterocycles. The minimum Gasteiger partial charge on any atom is -0.489 e. The van der Waals surface area contributed by atoms with Gasteiger partial charge in [-0.15, -0.1) is 0 Å². The lowest BCUT2D eigenvalue weighted by atomic mass is 9.92. The number of aliphatic imine (C=N–C) groups is 1. The van der Waals surface area contributed by atoms with Crippen LogP contribution in [0.2, 0.25) is 0 Å². The first kappa shape index (κ1) is 23.3. The zero-order valence-corrected chi connectivity index (χ0v) is 20.8. The van der Waals surface area contributed by atoms with E-state index in [-0.39, 0.29) is 23.9 Å². The van der Waals surface area contributed by atoms with Gasteiger partial charge in [-0.2, -0.15) is 0 Å². The largest absolute Gasteiger partial charge is 0.489 e. The molecule has 1 amide bonds. The Morgan fingerprint density at radius 3 is 2.51 bits per heavy atom. The van der Waals surface area contributed by atoms with Crippen molar-refractivity contribution in [2.75, 3.05) is 0 Å². The lowest BCUT2D eigenvalue weighted by Crippen LogP contribution is -2.44. The molecule has 1 fully saturated rings. The highest BCUT2D eigenvalue weighted by atomic mass is 16.5. The number of ether oxygens (including phenoxy) is 1. The molecule has 0 spiro atoms. The molecule has 1 saturated carbocycles. The molecule has 3 aromatic carbocycles. The Bertz CT molecular complexity index is 1440. The van der Waals surface area contributed by atoms with Crippen LogP contribution in [0.15, 0.2) is 71.7 Å². The summed E-state index contributed by atoms with van der Waals surface area (Å²) in [6.07, 6.45) is 1.47. The van der Waals surface area contributed by atoms with Gasteiger partial charge in [-0.25, -0.2) is 0 Å². The predicted octanol–water partition coefficient (Wildman–Crippen LogP) is 5.34. The number of hydrogen-bond donors (Lipinski definition) is 0. The van der Waals surface area contributed by atoms with E-state index in [1.54, 1.807) is 11.0 Å². The van der Waals surface area contributed by atoms with E-state index in [1.807, 2.05) is 18.2 Å². The van der Waals surface area contributed by atoms with Crippen molar-refractivity contribution in [1.82, 2.24) is 4.90 Å². The van der Waals surface area contributed by atoms with Crippen LogP contribution in [0, 0.1) is 0 Å². The molecule has 37 heavy (non-hydrogen) atoms. The first-order valence-corrected chi connectivity index (χ1v) is 12.8. The van der Waals surface area contributed by atoms with Gasteiger partial charge < -0.3 is 9.64 Å². The number of carbonyl (C=O) groups is 3. The van der Waals surface area contributed by atoms with Gasteiger partial charge in [-0.1, -0.05) is 55.5 Å². The number of carbonyl (C=O) groups excluding carboxylic acids is 3. The number of fused-ring (bicyclic) bond motifs is 2. The molecule has 0 aromatic heterocycles. The van der Waals surface area contributed by atoms with Crippen molar-refractivity contribution in [2.24, 2.45) is 4.99 Å². The van der Waals surface area contributed by atoms with Crippen LogP contribution in [0.25, 0.3) is 0 Å². The molecule has 2 unspecified atom stereocenters. The summed E-state index contributed by atoms with van der Waals surface area (Å²) in [5.74, 6) is 0.608. The van der Waals surface area contributed by atoms with E-state index in [0.29, 0.717) is 43.2 Å². The third-order valence-corrected chi connectivity index (χ3v) is 7.74. The number of benzene rings is 3. The van der Waals surface area contributed by atoms with E-state index in [2.05, 4.69) is 49.4 Å². The minimum atomic E-state index is -0.530. The molecule has 3 aromatic rings. The van der Waals surface area contributed by atoms with Gasteiger partial charge in [0.2, 0.25) is 0 Å². The molecule has 6 nitrogen and oxygen atoms in total. The maximum absolute atomic E-state index is 13.0. The van der Waals surface area contributed by atoms with Crippen molar-refractivity contribution in [3.63, 3.8) is 0 Å². The summed E-state index contributed by atoms with van der Waals surface area (Å²) in [5.41, 5.74) is 7.17. The Balaban J connectivity index is 1.11. The van der Waals surface area contributed by atoms with Gasteiger partial charge in [-0.05, 0) is 41.3 Å². The molecule has 0 bridgehead atoms. The van der Waals surface area contributed by atoms with Crippen LogP contribution in [0.3, 0.4) is 0 Å². The Morgan fingerprint density at radius 2 is 1.73 bits per heavy atom. The zero-order chi connectivity index (χ0) is 25.5. The predicted molar refractivity (Wildman–Crippen MR) is 140 cm³/mol. The summed E-state index contributed by atoms with van der Waals surface area (Å²) >= 11 is 0. The second-order valence-corrected chi connectivity index (χ2v) is 10.1. The lowest BCUT2D eigenvalue weighted by Gasteiger charge is -2.29. The fourth-order valence-corrected chi connectivity index (χ4v) is 5.60. The van der Waals surface area contributed by atoms with Crippen molar-refractivity contribution in [3.8, 4) is 5.75 Å². The number of para-hydroxylation sites is 1. The SMILES string of the molecule is CC1C(Cc2ccc(COc3cccc4c3CN(C3CCC(=O)CC3=O)C4=O)cc2)=Nc2ccccc21. The standard InChI is InChI=1S/C31H28N2O4/c1-19-23-5-2-3-7-26(23)32-27(19)15-20-9-11-21(12-10-20)18-37-30-8-4-6-24-25(30)17-33(31(24)36)28-14-13-22(34)16-29(28)35/h2-12,19,28H,13-18H2,1H3. The van der Waals surface area contributed by atoms with Crippen LogP contribution >= 0.6 is 0 Å². The van der Waals surface area contributed by atoms with Gasteiger partial charge >= 0.3 is 0 Å². The highest BCUT2D eigenvalue weighted by Crippen LogP contribution is 2.36. The minimum absolute atomic E-state index is 0.0451. The second-order valence-electron chi connectivity index (χ2n) is 10.1. The summed E-state index contributed by atoms with van der Waals surface area (Å²) in [5, 5.41) is 0. The highest BCUT2D eigenvalue weighted by Gasteiger charge is 2.40. The molecule has 186 valence electrons. The van der Waals surface area contributed by atoms with E-state index in [9.17, 15) is 14.4 Å². The molecule has 2 atom stereocenters. The lowest BCUT2D eigenvalue weighted by molar-refractivity contribution is -0.133. The fourth-order valence-electron chi connectivity index (χ4n) is 5.60. The van der Waals surface area contributed by atoms with Gasteiger partial charge in [0.05, 0.1) is 24.7 Å². The van der Waals surface area contributed by atoms with Crippen LogP contribution in [0.5, 0.6) is 5.75 Å². The van der Waals surface area contributed by atoms with E-state index in [1.165, 1.54) is 16.8 Å². The molecule has 6 rings (SSSR count). The number of rotatable bonds is 6. The maximum Gasteiger partial charge on any atom is 0.255 e. The maximum atomic E-state index is 13.0. The van der Waals surface area contributed by atoms with Gasteiger partial charge in [0.1, 0.15) is 18.1 Å². The van der Waals surface area contributed by atoms with E-state index >= 15 is 0 Å². The number of ketones is 2. The summed E-state index contributed by atoms with van der Waals surface area (Å²) in [6.45, 7) is 2.92. The van der Waals surface area contributed by atoms with Crippen molar-refractivity contribution >= 4 is 28.9 Å². The van der Waals surface area contributed by atoms with Crippen molar-refractivity contribution in [1.29, 1.82) is 0 Å². The van der Waals surface area contributed by atoms with E-state index in [0.717, 1.165) is 23.2 Å². The van der Waals surface area contributed by atoms with Crippen molar-refractivity contribution < 1.29 is 19.1 Å². The number of hydrogen-bond acceptors (Lipinski definition) is 5. The zero-order valence-electron chi connectivity index (χ0n) is 20.8. The highest BCUT2D eigenvalue weighted by molar-refractivity contribution is 6.07. The second kappa shape index (κ2) is 9.43. The molecule has 2 heterocycles. The van der Waals surface area contributed by atoms with Gasteiger partial charge in [0.25, 0.3) is 5.91 Å². The van der Waals surface area contributed by atoms with Crippen LogP contribution in [-0.2, 0) is 29.2 Å². The van der Waals surface area contributed by atoms with Gasteiger partial charge in [0, 0.05) is 35.6 Å². The Kier molecular flexibility index (Phi) is 5.95. The smallest absolute Gasteiger partial charge is 0.255 e. The molecular formula is C31H28N2O4. The molecule has 2 aliphatic heterocycles. The molecule has 6 heteroatoms. The normalized spacial score (nSPS) is 20.6. The molecule has 0 radical (unpaired) electrons. The summed E-state index contributed by atoms with van der Waals surface area (Å²) in [7, 11) is 0. The Hall–Kier alpha value is -4.06. The molecule has 1 aliphatic carbocycles. The molecule has 3 aliphatic rings. The first-order valence-electron chi connectivity index (χ1n) is 12.8. The summed E-state index contributed by atoms with van der Waals surface area (Å²) in [4.78, 5) is 43.6. The van der Waals surface area contributed by atoms with Crippen molar-refractivity contribution in [3.05, 3.63) is 94.5 Å². The van der Waals surface area contributed by atoms with E-state index in [4.69, 9.17) is 9.73 Å². The van der Waals surface area contributed by atoms with Crippen molar-refractivity contribution in [2.45, 2.75) is 57.7 Å². The van der Waals surface area contributed by atoms with Gasteiger partial charge in [0.15, 0.2) is 5.78 Å². The quantitative estimate of drug-likeness (QED) is 0.435. The number of amides is 1. The van der Waals surface area contributed by atoms with Crippen LogP contribution in [0.1, 0.15) is 64.7 Å². The monoisotopic (exact) mass is 492 g/mol. The first-order chi connectivity index (χ1) is 18.0. The Labute approximate surface area is 216 Å². The Morgan fingerprint density at radius 1 is 0.946 bits per heavy atom. The average Bonchev–Trinajstić information content (AvgIpc) is 3.40. The van der Waals surface area contributed by atoms with Crippen LogP contribution in [-0.4, -0.2) is 34.1 Å². The number of Topliss-reactive ketones (excluding diaryl/α,β-unsaturated/α-hetero) is 2. The fraction of sp³-hybridized carbons (Fsp3) is 0.290. The summed E-state index contributed by atoms with van der Waals surface area (Å²) < 4.78 is 6.15. The number of nitrogens with zero attached hydrogens (tertiary/aromatic N) is 2. The summed E-state index contributed by atoms with van der Waals surface area (Å²) in [6, 6.07) is 21.6.